The standard InChI is InChI=1S/C55H94N2O18/c1-35(16-36(2)17-54(73)57-52(53(75-3)32-55(57)74)18-37-13-9-7-10-14-37)12-8-5-4-6-11-15-38(59)19-39(60)20-40(61)21-41(62)22-42(63)23-43(64)24-44(65)25-45(66)26-46(67)27-47(68)28-48(69)29-49(70)30-50(71)31-51(72)33-56-34-58/h7,9-10,13-14,17,32,34-35,38-52,59-72H,4-6,8,11-12,15-16,18-31,33H2,1-3H3,(H,56,58)/b36-17-/t35?,38-,39+,40+,41+,42+,43+,44+,45+,46+,47+,48+,49+,50+,51-,52-/m0/s1. The fourth-order valence-corrected chi connectivity index (χ4v) is 10.1. The van der Waals surface area contributed by atoms with Gasteiger partial charge in [-0.2, -0.15) is 0 Å². The molecule has 0 aliphatic carbocycles. The molecular formula is C55H94N2O18. The summed E-state index contributed by atoms with van der Waals surface area (Å²) in [7, 11) is 1.50. The Kier molecular flexibility index (Phi) is 33.7. The Bertz CT molecular complexity index is 1780. The van der Waals surface area contributed by atoms with Gasteiger partial charge in [0.05, 0.1) is 92.6 Å². The second-order valence-electron chi connectivity index (χ2n) is 21.4. The molecule has 0 saturated heterocycles. The zero-order valence-electron chi connectivity index (χ0n) is 44.5. The molecule has 15 N–H and O–H groups in total. The van der Waals surface area contributed by atoms with E-state index in [-0.39, 0.29) is 102 Å². The highest BCUT2D eigenvalue weighted by Gasteiger charge is 2.38. The number of hydrogen-bond acceptors (Lipinski definition) is 18. The predicted octanol–water partition coefficient (Wildman–Crippen LogP) is 1.07. The van der Waals surface area contributed by atoms with Gasteiger partial charge in [-0.15, -0.1) is 0 Å². The highest BCUT2D eigenvalue weighted by atomic mass is 16.5. The van der Waals surface area contributed by atoms with Gasteiger partial charge in [-0.3, -0.25) is 19.3 Å². The van der Waals surface area contributed by atoms with E-state index in [0.29, 0.717) is 30.9 Å². The normalized spacial score (nSPS) is 20.4. The van der Waals surface area contributed by atoms with Crippen molar-refractivity contribution in [3.8, 4) is 0 Å². The number of nitrogens with zero attached hydrogens (tertiary/aromatic N) is 1. The van der Waals surface area contributed by atoms with E-state index in [2.05, 4.69) is 12.2 Å². The van der Waals surface area contributed by atoms with Crippen LogP contribution in [0.25, 0.3) is 0 Å². The molecule has 75 heavy (non-hydrogen) atoms. The number of aliphatic hydroxyl groups excluding tert-OH is 14. The Morgan fingerprint density at radius 3 is 1.31 bits per heavy atom. The van der Waals surface area contributed by atoms with E-state index >= 15 is 0 Å². The molecule has 1 aliphatic heterocycles. The van der Waals surface area contributed by atoms with Crippen LogP contribution in [-0.4, -0.2) is 200 Å². The molecule has 1 heterocycles. The molecule has 0 bridgehead atoms. The van der Waals surface area contributed by atoms with Gasteiger partial charge in [-0.1, -0.05) is 81.4 Å². The van der Waals surface area contributed by atoms with Crippen LogP contribution in [0.1, 0.15) is 154 Å². The van der Waals surface area contributed by atoms with Crippen molar-refractivity contribution >= 4 is 18.2 Å². The third-order valence-electron chi connectivity index (χ3n) is 13.7. The number of rotatable bonds is 43. The summed E-state index contributed by atoms with van der Waals surface area (Å²) in [4.78, 5) is 37.7. The number of aliphatic hydroxyl groups is 14. The molecular weight excluding hydrogens is 977 g/mol. The van der Waals surface area contributed by atoms with Gasteiger partial charge in [0.1, 0.15) is 11.8 Å². The number of allylic oxidation sites excluding steroid dienone is 1. The summed E-state index contributed by atoms with van der Waals surface area (Å²) < 4.78 is 5.45. The van der Waals surface area contributed by atoms with Crippen LogP contribution in [0.3, 0.4) is 0 Å². The summed E-state index contributed by atoms with van der Waals surface area (Å²) in [5.74, 6) is 0.0733. The Morgan fingerprint density at radius 2 is 0.920 bits per heavy atom. The van der Waals surface area contributed by atoms with Crippen LogP contribution in [-0.2, 0) is 25.5 Å². The number of ether oxygens (including phenoxy) is 1. The maximum Gasteiger partial charge on any atom is 0.257 e. The average molecular weight is 1070 g/mol. The van der Waals surface area contributed by atoms with E-state index < -0.39 is 91.5 Å². The summed E-state index contributed by atoms with van der Waals surface area (Å²) in [5.41, 5.74) is 1.90. The highest BCUT2D eigenvalue weighted by molar-refractivity contribution is 6.08. The second kappa shape index (κ2) is 37.4. The lowest BCUT2D eigenvalue weighted by atomic mass is 9.94. The molecule has 1 aromatic rings. The molecule has 1 aromatic carbocycles. The molecule has 0 aromatic heterocycles. The molecule has 16 atom stereocenters. The van der Waals surface area contributed by atoms with Gasteiger partial charge in [-0.25, -0.2) is 0 Å². The van der Waals surface area contributed by atoms with E-state index in [1.54, 1.807) is 6.08 Å². The van der Waals surface area contributed by atoms with Crippen molar-refractivity contribution in [1.82, 2.24) is 10.2 Å². The molecule has 0 spiro atoms. The Hall–Kier alpha value is -3.45. The van der Waals surface area contributed by atoms with E-state index in [4.69, 9.17) is 4.74 Å². The van der Waals surface area contributed by atoms with Crippen LogP contribution >= 0.6 is 0 Å². The van der Waals surface area contributed by atoms with Crippen molar-refractivity contribution in [3.05, 3.63) is 59.4 Å². The van der Waals surface area contributed by atoms with Crippen LogP contribution in [0, 0.1) is 5.92 Å². The van der Waals surface area contributed by atoms with Crippen molar-refractivity contribution in [2.45, 2.75) is 247 Å². The van der Waals surface area contributed by atoms with Crippen molar-refractivity contribution in [2.75, 3.05) is 13.7 Å². The van der Waals surface area contributed by atoms with Gasteiger partial charge in [0.25, 0.3) is 11.8 Å². The topological polar surface area (TPSA) is 359 Å². The maximum absolute atomic E-state index is 13.3. The summed E-state index contributed by atoms with van der Waals surface area (Å²) in [6.45, 7) is 3.98. The largest absolute Gasteiger partial charge is 0.499 e. The van der Waals surface area contributed by atoms with Crippen molar-refractivity contribution < 1.29 is 90.6 Å². The molecule has 2 rings (SSSR count). The molecule has 0 fully saturated rings. The number of methoxy groups -OCH3 is 1. The van der Waals surface area contributed by atoms with Gasteiger partial charge in [0.15, 0.2) is 0 Å². The highest BCUT2D eigenvalue weighted by Crippen LogP contribution is 2.27. The number of benzene rings is 1. The molecule has 1 aliphatic rings. The maximum atomic E-state index is 13.3. The summed E-state index contributed by atoms with van der Waals surface area (Å²) >= 11 is 0. The average Bonchev–Trinajstić information content (AvgIpc) is 3.61. The van der Waals surface area contributed by atoms with Crippen molar-refractivity contribution in [2.24, 2.45) is 5.92 Å². The second-order valence-corrected chi connectivity index (χ2v) is 21.4. The molecule has 432 valence electrons. The van der Waals surface area contributed by atoms with Gasteiger partial charge >= 0.3 is 0 Å². The summed E-state index contributed by atoms with van der Waals surface area (Å²) in [6.07, 6.45) is -7.51. The first-order chi connectivity index (χ1) is 35.5. The Morgan fingerprint density at radius 1 is 0.560 bits per heavy atom. The lowest BCUT2D eigenvalue weighted by Gasteiger charge is -2.24. The first-order valence-corrected chi connectivity index (χ1v) is 27.0. The molecule has 20 nitrogen and oxygen atoms in total. The lowest BCUT2D eigenvalue weighted by molar-refractivity contribution is -0.139. The van der Waals surface area contributed by atoms with Crippen LogP contribution in [0.5, 0.6) is 0 Å². The Balaban J connectivity index is 1.56. The first kappa shape index (κ1) is 67.7. The number of unbranched alkanes of at least 4 members (excludes halogenated alkanes) is 4. The molecule has 3 amide bonds. The van der Waals surface area contributed by atoms with Gasteiger partial charge in [0, 0.05) is 31.5 Å². The van der Waals surface area contributed by atoms with Crippen molar-refractivity contribution in [1.29, 1.82) is 0 Å². The fourth-order valence-electron chi connectivity index (χ4n) is 10.1. The van der Waals surface area contributed by atoms with E-state index in [1.165, 1.54) is 18.1 Å². The number of amides is 3. The Labute approximate surface area is 443 Å². The summed E-state index contributed by atoms with van der Waals surface area (Å²) in [5, 5.41) is 147. The minimum Gasteiger partial charge on any atom is -0.499 e. The molecule has 0 radical (unpaired) electrons. The SMILES string of the molecule is COC1=CC(=O)N(C(=O)/C=C(/C)CC(C)CCCCCCC[C@H](O)C[C@@H](O)C[C@@H](O)C[C@@H](O)C[C@@H](O)C[C@@H](O)C[C@@H](O)C[C@@H](O)C[C@@H](O)C[C@@H](O)C[C@@H](O)C[C@@H](O)C[C@@H](O)C[C@H](O)CNC=O)[C@H]1Cc1ccccc1. The minimum atomic E-state index is -1.23. The minimum absolute atomic E-state index is 0.0549. The quantitative estimate of drug-likeness (QED) is 0.0247. The van der Waals surface area contributed by atoms with Gasteiger partial charge in [0.2, 0.25) is 6.41 Å². The molecule has 0 saturated carbocycles. The van der Waals surface area contributed by atoms with Crippen LogP contribution in [0.4, 0.5) is 0 Å². The van der Waals surface area contributed by atoms with Crippen LogP contribution < -0.4 is 5.32 Å². The predicted molar refractivity (Wildman–Crippen MR) is 279 cm³/mol. The number of carbonyl (C=O) groups excluding carboxylic acids is 3. The molecule has 1 unspecified atom stereocenters. The van der Waals surface area contributed by atoms with Crippen molar-refractivity contribution in [3.63, 3.8) is 0 Å². The van der Waals surface area contributed by atoms with E-state index in [1.807, 2.05) is 37.3 Å². The van der Waals surface area contributed by atoms with Crippen LogP contribution in [0.15, 0.2) is 53.8 Å². The zero-order chi connectivity index (χ0) is 56.0. The van der Waals surface area contributed by atoms with Crippen LogP contribution in [0.2, 0.25) is 0 Å². The number of hydrogen-bond donors (Lipinski definition) is 15. The third-order valence-corrected chi connectivity index (χ3v) is 13.7. The van der Waals surface area contributed by atoms with E-state index in [9.17, 15) is 85.9 Å². The fraction of sp³-hybridized carbons (Fsp3) is 0.764. The van der Waals surface area contributed by atoms with E-state index in [0.717, 1.165) is 56.1 Å². The zero-order valence-corrected chi connectivity index (χ0v) is 44.5. The number of carbonyl (C=O) groups is 3. The smallest absolute Gasteiger partial charge is 0.257 e. The van der Waals surface area contributed by atoms with Gasteiger partial charge < -0.3 is 81.5 Å². The van der Waals surface area contributed by atoms with Gasteiger partial charge in [-0.05, 0) is 108 Å². The monoisotopic (exact) mass is 1070 g/mol. The first-order valence-electron chi connectivity index (χ1n) is 27.0. The lowest BCUT2D eigenvalue weighted by Crippen LogP contribution is -2.41. The third kappa shape index (κ3) is 30.3. The summed E-state index contributed by atoms with van der Waals surface area (Å²) in [6, 6.07) is 9.16. The molecule has 20 heteroatoms. The number of nitrogens with one attached hydrogen (secondary N) is 1. The number of imide groups is 1.